The highest BCUT2D eigenvalue weighted by Crippen LogP contribution is 2.25. The van der Waals surface area contributed by atoms with E-state index in [0.717, 1.165) is 10.6 Å². The van der Waals surface area contributed by atoms with E-state index in [1.807, 2.05) is 6.92 Å². The fourth-order valence-corrected chi connectivity index (χ4v) is 1.73. The van der Waals surface area contributed by atoms with E-state index >= 15 is 0 Å². The summed E-state index contributed by atoms with van der Waals surface area (Å²) in [4.78, 5) is 0.883. The second-order valence-electron chi connectivity index (χ2n) is 1.76. The van der Waals surface area contributed by atoms with E-state index in [1.54, 1.807) is 17.8 Å². The molecule has 0 aliphatic heterocycles. The standard InChI is InChI=1S/C6H6Cl2N2S/c1-2-11-4-3-5(7)9-10-6(4)8/h3H,2H2,1H3. The van der Waals surface area contributed by atoms with Crippen molar-refractivity contribution in [3.05, 3.63) is 16.4 Å². The quantitative estimate of drug-likeness (QED) is 0.700. The van der Waals surface area contributed by atoms with Crippen molar-refractivity contribution in [2.75, 3.05) is 5.75 Å². The van der Waals surface area contributed by atoms with E-state index in [1.165, 1.54) is 0 Å². The van der Waals surface area contributed by atoms with E-state index in [9.17, 15) is 0 Å². The third-order valence-electron chi connectivity index (χ3n) is 0.987. The summed E-state index contributed by atoms with van der Waals surface area (Å²) < 4.78 is 0. The molecule has 1 aromatic rings. The van der Waals surface area contributed by atoms with Crippen LogP contribution in [0, 0.1) is 0 Å². The molecule has 0 bridgehead atoms. The van der Waals surface area contributed by atoms with Crippen molar-refractivity contribution in [3.8, 4) is 0 Å². The molecule has 2 nitrogen and oxygen atoms in total. The number of halogens is 2. The first-order valence-corrected chi connectivity index (χ1v) is 4.79. The van der Waals surface area contributed by atoms with Gasteiger partial charge in [0.05, 0.1) is 0 Å². The molecule has 0 N–H and O–H groups in total. The van der Waals surface area contributed by atoms with Crippen LogP contribution < -0.4 is 0 Å². The van der Waals surface area contributed by atoms with Gasteiger partial charge in [0.1, 0.15) is 0 Å². The zero-order valence-electron chi connectivity index (χ0n) is 5.84. The minimum absolute atomic E-state index is 0.380. The van der Waals surface area contributed by atoms with Crippen molar-refractivity contribution in [2.45, 2.75) is 11.8 Å². The molecule has 0 amide bonds. The first-order chi connectivity index (χ1) is 5.24. The van der Waals surface area contributed by atoms with E-state index in [0.29, 0.717) is 10.3 Å². The summed E-state index contributed by atoms with van der Waals surface area (Å²) in [6.07, 6.45) is 0. The SMILES string of the molecule is CCSc1cc(Cl)nnc1Cl. The van der Waals surface area contributed by atoms with E-state index in [-0.39, 0.29) is 0 Å². The van der Waals surface area contributed by atoms with Crippen molar-refractivity contribution in [1.29, 1.82) is 0 Å². The van der Waals surface area contributed by atoms with Gasteiger partial charge in [-0.05, 0) is 11.8 Å². The van der Waals surface area contributed by atoms with Crippen LogP contribution in [0.5, 0.6) is 0 Å². The third-order valence-corrected chi connectivity index (χ3v) is 2.47. The monoisotopic (exact) mass is 208 g/mol. The molecular formula is C6H6Cl2N2S. The van der Waals surface area contributed by atoms with Crippen LogP contribution in [0.15, 0.2) is 11.0 Å². The van der Waals surface area contributed by atoms with Crippen LogP contribution in [0.2, 0.25) is 10.3 Å². The largest absolute Gasteiger partial charge is 0.165 e. The molecular weight excluding hydrogens is 203 g/mol. The fraction of sp³-hybridized carbons (Fsp3) is 0.333. The Balaban J connectivity index is 2.93. The number of thioether (sulfide) groups is 1. The topological polar surface area (TPSA) is 25.8 Å². The first kappa shape index (κ1) is 9.10. The Morgan fingerprint density at radius 1 is 1.45 bits per heavy atom. The summed E-state index contributed by atoms with van der Waals surface area (Å²) in [6.45, 7) is 2.04. The normalized spacial score (nSPS) is 10.1. The molecule has 0 aliphatic rings. The van der Waals surface area contributed by atoms with Crippen molar-refractivity contribution in [2.24, 2.45) is 0 Å². The molecule has 0 atom stereocenters. The van der Waals surface area contributed by atoms with Crippen molar-refractivity contribution in [3.63, 3.8) is 0 Å². The predicted octanol–water partition coefficient (Wildman–Crippen LogP) is 2.90. The summed E-state index contributed by atoms with van der Waals surface area (Å²) in [6, 6.07) is 1.71. The summed E-state index contributed by atoms with van der Waals surface area (Å²) >= 11 is 12.9. The van der Waals surface area contributed by atoms with E-state index in [4.69, 9.17) is 23.2 Å². The van der Waals surface area contributed by atoms with Crippen LogP contribution in [0.3, 0.4) is 0 Å². The number of nitrogens with zero attached hydrogens (tertiary/aromatic N) is 2. The maximum atomic E-state index is 5.72. The average Bonchev–Trinajstić information content (AvgIpc) is 1.98. The maximum Gasteiger partial charge on any atom is 0.165 e. The fourth-order valence-electron chi connectivity index (χ4n) is 0.594. The van der Waals surface area contributed by atoms with Gasteiger partial charge in [-0.3, -0.25) is 0 Å². The minimum Gasteiger partial charge on any atom is -0.137 e. The second kappa shape index (κ2) is 4.14. The molecule has 1 rings (SSSR count). The summed E-state index contributed by atoms with van der Waals surface area (Å²) in [5, 5.41) is 8.05. The summed E-state index contributed by atoms with van der Waals surface area (Å²) in [7, 11) is 0. The highest BCUT2D eigenvalue weighted by Gasteiger charge is 2.02. The van der Waals surface area contributed by atoms with Crippen LogP contribution in [0.4, 0.5) is 0 Å². The van der Waals surface area contributed by atoms with Crippen LogP contribution in [-0.2, 0) is 0 Å². The summed E-state index contributed by atoms with van der Waals surface area (Å²) in [5.74, 6) is 0.946. The van der Waals surface area contributed by atoms with Crippen molar-refractivity contribution >= 4 is 35.0 Å². The third kappa shape index (κ3) is 2.51. The van der Waals surface area contributed by atoms with Gasteiger partial charge in [0.15, 0.2) is 10.3 Å². The van der Waals surface area contributed by atoms with Gasteiger partial charge in [0.2, 0.25) is 0 Å². The lowest BCUT2D eigenvalue weighted by Gasteiger charge is -1.98. The Morgan fingerprint density at radius 2 is 2.18 bits per heavy atom. The van der Waals surface area contributed by atoms with Crippen LogP contribution >= 0.6 is 35.0 Å². The lowest BCUT2D eigenvalue weighted by atomic mass is 10.6. The smallest absolute Gasteiger partial charge is 0.137 e. The van der Waals surface area contributed by atoms with Gasteiger partial charge >= 0.3 is 0 Å². The average molecular weight is 209 g/mol. The van der Waals surface area contributed by atoms with Gasteiger partial charge in [-0.15, -0.1) is 22.0 Å². The molecule has 0 radical (unpaired) electrons. The Hall–Kier alpha value is 0.01000. The van der Waals surface area contributed by atoms with Gasteiger partial charge in [-0.1, -0.05) is 30.1 Å². The lowest BCUT2D eigenvalue weighted by Crippen LogP contribution is -1.85. The molecule has 5 heteroatoms. The molecule has 0 unspecified atom stereocenters. The lowest BCUT2D eigenvalue weighted by molar-refractivity contribution is 0.998. The molecule has 1 aromatic heterocycles. The molecule has 0 aromatic carbocycles. The van der Waals surface area contributed by atoms with Gasteiger partial charge in [0, 0.05) is 4.90 Å². The van der Waals surface area contributed by atoms with Crippen molar-refractivity contribution < 1.29 is 0 Å². The molecule has 60 valence electrons. The number of aromatic nitrogens is 2. The predicted molar refractivity (Wildman–Crippen MR) is 48.5 cm³/mol. The van der Waals surface area contributed by atoms with Gasteiger partial charge in [-0.25, -0.2) is 0 Å². The maximum absolute atomic E-state index is 5.72. The highest BCUT2D eigenvalue weighted by molar-refractivity contribution is 7.99. The van der Waals surface area contributed by atoms with Gasteiger partial charge in [0.25, 0.3) is 0 Å². The minimum atomic E-state index is 0.380. The highest BCUT2D eigenvalue weighted by atomic mass is 35.5. The van der Waals surface area contributed by atoms with E-state index < -0.39 is 0 Å². The molecule has 0 aliphatic carbocycles. The Morgan fingerprint density at radius 3 is 2.82 bits per heavy atom. The second-order valence-corrected chi connectivity index (χ2v) is 3.81. The molecule has 0 saturated heterocycles. The zero-order valence-corrected chi connectivity index (χ0v) is 8.17. The van der Waals surface area contributed by atoms with Crippen molar-refractivity contribution in [1.82, 2.24) is 10.2 Å². The van der Waals surface area contributed by atoms with Gasteiger partial charge < -0.3 is 0 Å². The number of hydrogen-bond acceptors (Lipinski definition) is 3. The zero-order chi connectivity index (χ0) is 8.27. The number of hydrogen-bond donors (Lipinski definition) is 0. The molecule has 0 fully saturated rings. The molecule has 11 heavy (non-hydrogen) atoms. The van der Waals surface area contributed by atoms with Crippen LogP contribution in [0.25, 0.3) is 0 Å². The first-order valence-electron chi connectivity index (χ1n) is 3.05. The Bertz CT molecular complexity index is 254. The summed E-state index contributed by atoms with van der Waals surface area (Å²) in [5.41, 5.74) is 0. The molecule has 0 spiro atoms. The van der Waals surface area contributed by atoms with Crippen LogP contribution in [0.1, 0.15) is 6.92 Å². The molecule has 0 saturated carbocycles. The Kier molecular flexibility index (Phi) is 3.43. The van der Waals surface area contributed by atoms with Crippen LogP contribution in [-0.4, -0.2) is 16.0 Å². The number of rotatable bonds is 2. The van der Waals surface area contributed by atoms with Gasteiger partial charge in [-0.2, -0.15) is 0 Å². The Labute approximate surface area is 79.3 Å². The molecule has 1 heterocycles. The van der Waals surface area contributed by atoms with E-state index in [2.05, 4.69) is 10.2 Å².